The molecule has 0 nitrogen and oxygen atoms in total. The Morgan fingerprint density at radius 3 is 2.00 bits per heavy atom. The molecule has 0 heterocycles. The van der Waals surface area contributed by atoms with Crippen molar-refractivity contribution in [3.05, 3.63) is 82.9 Å². The topological polar surface area (TPSA) is 0 Å². The molecule has 0 saturated carbocycles. The molecule has 5 rings (SSSR count). The summed E-state index contributed by atoms with van der Waals surface area (Å²) in [5, 5.41) is 5.10. The van der Waals surface area contributed by atoms with Gasteiger partial charge in [-0.05, 0) is 6.42 Å². The summed E-state index contributed by atoms with van der Waals surface area (Å²) in [5.74, 6) is 0. The molecule has 0 radical (unpaired) electrons. The van der Waals surface area contributed by atoms with Gasteiger partial charge in [0.15, 0.2) is 0 Å². The minimum Gasteiger partial charge on any atom is -0.168 e. The van der Waals surface area contributed by atoms with E-state index in [0.29, 0.717) is 6.42 Å². The van der Waals surface area contributed by atoms with Gasteiger partial charge in [0.2, 0.25) is 0 Å². The zero-order valence-electron chi connectivity index (χ0n) is 14.2. The van der Waals surface area contributed by atoms with Gasteiger partial charge in [0, 0.05) is 52.4 Å². The van der Waals surface area contributed by atoms with Crippen LogP contribution in [0.25, 0.3) is 21.5 Å². The first-order valence-electron chi connectivity index (χ1n) is 8.35. The van der Waals surface area contributed by atoms with Crippen molar-refractivity contribution < 1.29 is 52.4 Å². The van der Waals surface area contributed by atoms with E-state index in [9.17, 15) is 0 Å². The second-order valence-electron chi connectivity index (χ2n) is 6.75. The van der Waals surface area contributed by atoms with E-state index in [2.05, 4.69) is 60.7 Å². The molecule has 0 aliphatic heterocycles. The number of aryl methyl sites for hydroxylation is 2. The molecule has 4 heteroatoms. The monoisotopic (exact) mass is 530 g/mol. The number of hydrogen-bond donors (Lipinski definition) is 0. The fraction of sp³-hybridized carbons (Fsp3) is 0.182. The van der Waals surface area contributed by atoms with Gasteiger partial charge >= 0.3 is 0 Å². The summed E-state index contributed by atoms with van der Waals surface area (Å²) in [4.78, 5) is 0. The number of rotatable bonds is 0. The predicted octanol–water partition coefficient (Wildman–Crippen LogP) is 6.40. The average Bonchev–Trinajstić information content (AvgIpc) is 3.16. The maximum absolute atomic E-state index is 6.91. The molecule has 0 amide bonds. The van der Waals surface area contributed by atoms with E-state index in [1.807, 2.05) is 0 Å². The van der Waals surface area contributed by atoms with Crippen molar-refractivity contribution in [3.8, 4) is 0 Å². The molecule has 0 unspecified atom stereocenters. The van der Waals surface area contributed by atoms with Crippen LogP contribution in [0.2, 0.25) is 0 Å². The maximum Gasteiger partial charge on any atom is 0.107 e. The Balaban J connectivity index is 0.000000980. The van der Waals surface area contributed by atoms with Crippen molar-refractivity contribution in [3.63, 3.8) is 0 Å². The van der Waals surface area contributed by atoms with Gasteiger partial charge in [-0.15, -0.1) is 91.8 Å². The van der Waals surface area contributed by atoms with Crippen LogP contribution < -0.4 is 0 Å². The summed E-state index contributed by atoms with van der Waals surface area (Å²) in [5.41, 5.74) is 5.03. The third kappa shape index (κ3) is 3.30. The largest absolute Gasteiger partial charge is 0.168 e. The first kappa shape index (κ1) is 20.7. The fourth-order valence-corrected chi connectivity index (χ4v) is 4.84. The normalized spacial score (nSPS) is 15.3. The molecular formula is C22H16Cl2Zr2-2. The third-order valence-corrected chi connectivity index (χ3v) is 5.99. The van der Waals surface area contributed by atoms with Crippen LogP contribution in [-0.4, -0.2) is 0 Å². The van der Waals surface area contributed by atoms with E-state index < -0.39 is 4.33 Å². The molecule has 0 aromatic heterocycles. The van der Waals surface area contributed by atoms with Crippen molar-refractivity contribution in [1.82, 2.24) is 0 Å². The number of halogens is 2. The summed E-state index contributed by atoms with van der Waals surface area (Å²) in [6, 6.07) is 21.6. The predicted molar refractivity (Wildman–Crippen MR) is 104 cm³/mol. The Hall–Kier alpha value is 0.00623. The van der Waals surface area contributed by atoms with Crippen LogP contribution in [0, 0.1) is 0 Å². The van der Waals surface area contributed by atoms with Gasteiger partial charge in [0.1, 0.15) is 4.33 Å². The van der Waals surface area contributed by atoms with Gasteiger partial charge in [0.05, 0.1) is 0 Å². The van der Waals surface area contributed by atoms with Gasteiger partial charge < -0.3 is 0 Å². The zero-order valence-corrected chi connectivity index (χ0v) is 20.6. The van der Waals surface area contributed by atoms with E-state index in [4.69, 9.17) is 23.2 Å². The molecule has 0 saturated heterocycles. The summed E-state index contributed by atoms with van der Waals surface area (Å²) in [6.07, 6.45) is 2.68. The standard InChI is InChI=1S/C22H16Cl2.2Zr/c23-22(24)13-18-5-1-3-14-7-9-16(20(14)18)10-12-17-11-8-15-4-2-6-19(22)21(15)17;;/h1-9,11H,10,12-13H2;;/q-2;;. The van der Waals surface area contributed by atoms with Crippen LogP contribution in [0.5, 0.6) is 0 Å². The third-order valence-electron chi connectivity index (χ3n) is 5.32. The zero-order chi connectivity index (χ0) is 16.3. The molecule has 1 aliphatic rings. The van der Waals surface area contributed by atoms with Crippen molar-refractivity contribution in [1.29, 1.82) is 0 Å². The first-order valence-corrected chi connectivity index (χ1v) is 9.11. The molecule has 4 aromatic carbocycles. The van der Waals surface area contributed by atoms with Gasteiger partial charge in [-0.3, -0.25) is 0 Å². The molecule has 0 N–H and O–H groups in total. The Bertz CT molecular complexity index is 1070. The summed E-state index contributed by atoms with van der Waals surface area (Å²) in [7, 11) is 0. The molecule has 0 bridgehead atoms. The van der Waals surface area contributed by atoms with E-state index in [0.717, 1.165) is 18.4 Å². The van der Waals surface area contributed by atoms with Crippen LogP contribution in [0.15, 0.2) is 60.7 Å². The van der Waals surface area contributed by atoms with Crippen molar-refractivity contribution in [2.45, 2.75) is 23.6 Å². The minimum absolute atomic E-state index is 0. The fourth-order valence-electron chi connectivity index (χ4n) is 4.24. The van der Waals surface area contributed by atoms with Gasteiger partial charge in [-0.25, -0.2) is 0 Å². The summed E-state index contributed by atoms with van der Waals surface area (Å²) in [6.45, 7) is 0. The van der Waals surface area contributed by atoms with Crippen LogP contribution in [0.1, 0.15) is 22.3 Å². The summed E-state index contributed by atoms with van der Waals surface area (Å²) < 4.78 is -0.928. The van der Waals surface area contributed by atoms with Crippen LogP contribution >= 0.6 is 23.2 Å². The van der Waals surface area contributed by atoms with Gasteiger partial charge in [0.25, 0.3) is 0 Å². The Morgan fingerprint density at radius 1 is 0.731 bits per heavy atom. The van der Waals surface area contributed by atoms with Crippen molar-refractivity contribution in [2.75, 3.05) is 0 Å². The number of benzene rings is 2. The molecule has 1 aliphatic carbocycles. The van der Waals surface area contributed by atoms with Crippen molar-refractivity contribution in [2.24, 2.45) is 0 Å². The molecule has 0 fully saturated rings. The molecule has 128 valence electrons. The molecule has 0 spiro atoms. The van der Waals surface area contributed by atoms with E-state index in [1.165, 1.54) is 38.2 Å². The van der Waals surface area contributed by atoms with E-state index in [1.54, 1.807) is 0 Å². The molecule has 4 aromatic rings. The smallest absolute Gasteiger partial charge is 0.107 e. The van der Waals surface area contributed by atoms with E-state index >= 15 is 0 Å². The Kier molecular flexibility index (Phi) is 6.21. The van der Waals surface area contributed by atoms with Crippen LogP contribution in [0.4, 0.5) is 0 Å². The summed E-state index contributed by atoms with van der Waals surface area (Å²) >= 11 is 13.8. The first-order chi connectivity index (χ1) is 11.6. The van der Waals surface area contributed by atoms with E-state index in [-0.39, 0.29) is 52.4 Å². The Morgan fingerprint density at radius 2 is 1.31 bits per heavy atom. The number of hydrogen-bond acceptors (Lipinski definition) is 0. The average molecular weight is 534 g/mol. The second kappa shape index (κ2) is 7.79. The quantitative estimate of drug-likeness (QED) is 0.181. The second-order valence-corrected chi connectivity index (χ2v) is 8.23. The van der Waals surface area contributed by atoms with Crippen molar-refractivity contribution >= 4 is 44.7 Å². The molecule has 26 heavy (non-hydrogen) atoms. The maximum atomic E-state index is 6.91. The van der Waals surface area contributed by atoms with Gasteiger partial charge in [-0.1, -0.05) is 36.6 Å². The van der Waals surface area contributed by atoms with Gasteiger partial charge in [-0.2, -0.15) is 12.1 Å². The Labute approximate surface area is 201 Å². The SMILES string of the molecule is ClC1(Cl)Cc2cccc3cc[c-](c23)CC[c-]2ccc3cccc1c32.[Zr].[Zr]. The molecular weight excluding hydrogens is 518 g/mol. The molecule has 0 atom stereocenters. The van der Waals surface area contributed by atoms with Crippen LogP contribution in [-0.2, 0) is 76.0 Å². The minimum atomic E-state index is -0.928. The number of alkyl halides is 2. The van der Waals surface area contributed by atoms with Crippen LogP contribution in [0.3, 0.4) is 0 Å².